The summed E-state index contributed by atoms with van der Waals surface area (Å²) in [5, 5.41) is 3.42. The zero-order valence-electron chi connectivity index (χ0n) is 13.0. The number of para-hydroxylation sites is 1. The van der Waals surface area contributed by atoms with Crippen LogP contribution in [-0.4, -0.2) is 36.8 Å². The first-order valence-corrected chi connectivity index (χ1v) is 7.25. The highest BCUT2D eigenvalue weighted by atomic mass is 16.5. The second kappa shape index (κ2) is 7.69. The van der Waals surface area contributed by atoms with E-state index in [1.807, 2.05) is 62.6 Å². The third-order valence-electron chi connectivity index (χ3n) is 3.28. The summed E-state index contributed by atoms with van der Waals surface area (Å²) in [5.41, 5.74) is 1.18. The smallest absolute Gasteiger partial charge is 0.204 e. The number of nitrogens with zero attached hydrogens (tertiary/aromatic N) is 3. The SMILES string of the molecule is CN(C)c1ncc(CNCCCOc2ccccc2)n1C. The molecule has 1 aromatic carbocycles. The number of hydrogen-bond donors (Lipinski definition) is 1. The molecule has 5 heteroatoms. The van der Waals surface area contributed by atoms with Gasteiger partial charge >= 0.3 is 0 Å². The van der Waals surface area contributed by atoms with Gasteiger partial charge in [-0.2, -0.15) is 0 Å². The fourth-order valence-electron chi connectivity index (χ4n) is 2.13. The number of nitrogens with one attached hydrogen (secondary N) is 1. The van der Waals surface area contributed by atoms with Gasteiger partial charge in [0.2, 0.25) is 5.95 Å². The number of rotatable bonds is 8. The van der Waals surface area contributed by atoms with Crippen molar-refractivity contribution in [2.45, 2.75) is 13.0 Å². The summed E-state index contributed by atoms with van der Waals surface area (Å²) in [4.78, 5) is 6.41. The lowest BCUT2D eigenvalue weighted by Gasteiger charge is -2.13. The molecule has 2 rings (SSSR count). The van der Waals surface area contributed by atoms with E-state index in [1.54, 1.807) is 0 Å². The van der Waals surface area contributed by atoms with Crippen LogP contribution in [0.3, 0.4) is 0 Å². The van der Waals surface area contributed by atoms with Gasteiger partial charge in [-0.1, -0.05) is 18.2 Å². The molecule has 2 aromatic rings. The molecule has 0 unspecified atom stereocenters. The predicted molar refractivity (Wildman–Crippen MR) is 85.8 cm³/mol. The van der Waals surface area contributed by atoms with E-state index < -0.39 is 0 Å². The number of imidazole rings is 1. The summed E-state index contributed by atoms with van der Waals surface area (Å²) in [6.07, 6.45) is 2.90. The van der Waals surface area contributed by atoms with Crippen molar-refractivity contribution in [1.82, 2.24) is 14.9 Å². The molecule has 5 nitrogen and oxygen atoms in total. The van der Waals surface area contributed by atoms with Gasteiger partial charge in [-0.15, -0.1) is 0 Å². The topological polar surface area (TPSA) is 42.3 Å². The van der Waals surface area contributed by atoms with E-state index in [9.17, 15) is 0 Å². The molecule has 0 atom stereocenters. The van der Waals surface area contributed by atoms with Gasteiger partial charge in [0.05, 0.1) is 18.5 Å². The summed E-state index contributed by atoms with van der Waals surface area (Å²) < 4.78 is 7.76. The molecule has 1 N–H and O–H groups in total. The molecule has 1 aromatic heterocycles. The molecule has 0 aliphatic rings. The van der Waals surface area contributed by atoms with Crippen LogP contribution in [0.25, 0.3) is 0 Å². The first-order valence-electron chi connectivity index (χ1n) is 7.25. The van der Waals surface area contributed by atoms with E-state index in [0.29, 0.717) is 0 Å². The zero-order chi connectivity index (χ0) is 15.1. The lowest BCUT2D eigenvalue weighted by Crippen LogP contribution is -2.20. The Hall–Kier alpha value is -2.01. The van der Waals surface area contributed by atoms with E-state index in [-0.39, 0.29) is 0 Å². The van der Waals surface area contributed by atoms with Crippen molar-refractivity contribution < 1.29 is 4.74 Å². The highest BCUT2D eigenvalue weighted by Gasteiger charge is 2.06. The van der Waals surface area contributed by atoms with Gasteiger partial charge in [-0.25, -0.2) is 4.98 Å². The lowest BCUT2D eigenvalue weighted by molar-refractivity contribution is 0.308. The van der Waals surface area contributed by atoms with Gasteiger partial charge in [0.1, 0.15) is 5.75 Å². The van der Waals surface area contributed by atoms with Crippen molar-refractivity contribution in [2.24, 2.45) is 7.05 Å². The molecular formula is C16H24N4O. The van der Waals surface area contributed by atoms with Crippen molar-refractivity contribution in [3.8, 4) is 5.75 Å². The van der Waals surface area contributed by atoms with Crippen molar-refractivity contribution in [2.75, 3.05) is 32.1 Å². The standard InChI is InChI=1S/C16H24N4O/c1-19(2)16-18-13-14(20(16)3)12-17-10-7-11-21-15-8-5-4-6-9-15/h4-6,8-9,13,17H,7,10-12H2,1-3H3. The quantitative estimate of drug-likeness (QED) is 0.755. The monoisotopic (exact) mass is 288 g/mol. The first-order chi connectivity index (χ1) is 10.2. The Labute approximate surface area is 126 Å². The molecule has 0 radical (unpaired) electrons. The van der Waals surface area contributed by atoms with Crippen molar-refractivity contribution in [3.05, 3.63) is 42.2 Å². The lowest BCUT2D eigenvalue weighted by atomic mass is 10.3. The Bertz CT molecular complexity index is 536. The van der Waals surface area contributed by atoms with Crippen LogP contribution < -0.4 is 15.0 Å². The van der Waals surface area contributed by atoms with E-state index >= 15 is 0 Å². The van der Waals surface area contributed by atoms with Crippen LogP contribution in [0.4, 0.5) is 5.95 Å². The number of aromatic nitrogens is 2. The molecule has 1 heterocycles. The highest BCUT2D eigenvalue weighted by Crippen LogP contribution is 2.10. The van der Waals surface area contributed by atoms with E-state index in [0.717, 1.165) is 37.8 Å². The zero-order valence-corrected chi connectivity index (χ0v) is 13.0. The minimum atomic E-state index is 0.728. The van der Waals surface area contributed by atoms with Crippen LogP contribution in [0, 0.1) is 0 Å². The van der Waals surface area contributed by atoms with E-state index in [1.165, 1.54) is 5.69 Å². The molecule has 114 valence electrons. The molecule has 0 amide bonds. The molecule has 0 saturated carbocycles. The molecule has 0 aliphatic heterocycles. The number of hydrogen-bond acceptors (Lipinski definition) is 4. The van der Waals surface area contributed by atoms with Gasteiger partial charge < -0.3 is 19.5 Å². The Morgan fingerprint density at radius 1 is 1.24 bits per heavy atom. The molecule has 0 spiro atoms. The molecule has 0 bridgehead atoms. The van der Waals surface area contributed by atoms with Crippen LogP contribution in [0.5, 0.6) is 5.75 Å². The maximum Gasteiger partial charge on any atom is 0.204 e. The maximum atomic E-state index is 5.65. The third-order valence-corrected chi connectivity index (χ3v) is 3.28. The summed E-state index contributed by atoms with van der Waals surface area (Å²) in [6.45, 7) is 2.48. The van der Waals surface area contributed by atoms with Crippen LogP contribution in [-0.2, 0) is 13.6 Å². The molecule has 0 aliphatic carbocycles. The largest absolute Gasteiger partial charge is 0.494 e. The fourth-order valence-corrected chi connectivity index (χ4v) is 2.13. The Morgan fingerprint density at radius 2 is 2.00 bits per heavy atom. The van der Waals surface area contributed by atoms with Crippen molar-refractivity contribution in [3.63, 3.8) is 0 Å². The Kier molecular flexibility index (Phi) is 5.63. The average molecular weight is 288 g/mol. The summed E-state index contributed by atoms with van der Waals surface area (Å²) in [7, 11) is 6.04. The molecule has 0 fully saturated rings. The fraction of sp³-hybridized carbons (Fsp3) is 0.438. The normalized spacial score (nSPS) is 10.6. The number of ether oxygens (including phenoxy) is 1. The second-order valence-electron chi connectivity index (χ2n) is 5.19. The molecule has 21 heavy (non-hydrogen) atoms. The number of anilines is 1. The van der Waals surface area contributed by atoms with E-state index in [4.69, 9.17) is 4.74 Å². The average Bonchev–Trinajstić information content (AvgIpc) is 2.85. The Morgan fingerprint density at radius 3 is 2.67 bits per heavy atom. The van der Waals surface area contributed by atoms with Gasteiger partial charge in [-0.3, -0.25) is 0 Å². The minimum Gasteiger partial charge on any atom is -0.494 e. The second-order valence-corrected chi connectivity index (χ2v) is 5.19. The summed E-state index contributed by atoms with van der Waals surface area (Å²) >= 11 is 0. The van der Waals surface area contributed by atoms with Gasteiger partial charge in [-0.05, 0) is 25.1 Å². The van der Waals surface area contributed by atoms with Gasteiger partial charge in [0, 0.05) is 27.7 Å². The van der Waals surface area contributed by atoms with Gasteiger partial charge in [0.15, 0.2) is 0 Å². The van der Waals surface area contributed by atoms with Crippen LogP contribution >= 0.6 is 0 Å². The molecular weight excluding hydrogens is 264 g/mol. The van der Waals surface area contributed by atoms with Gasteiger partial charge in [0.25, 0.3) is 0 Å². The minimum absolute atomic E-state index is 0.728. The Balaban J connectivity index is 1.64. The van der Waals surface area contributed by atoms with Crippen LogP contribution in [0.2, 0.25) is 0 Å². The third kappa shape index (κ3) is 4.49. The maximum absolute atomic E-state index is 5.65. The number of benzene rings is 1. The van der Waals surface area contributed by atoms with Crippen LogP contribution in [0.1, 0.15) is 12.1 Å². The van der Waals surface area contributed by atoms with Crippen molar-refractivity contribution >= 4 is 5.95 Å². The summed E-state index contributed by atoms with van der Waals surface area (Å²) in [5.74, 6) is 1.90. The van der Waals surface area contributed by atoms with E-state index in [2.05, 4.69) is 14.9 Å². The molecule has 0 saturated heterocycles. The summed E-state index contributed by atoms with van der Waals surface area (Å²) in [6, 6.07) is 9.92. The highest BCUT2D eigenvalue weighted by molar-refractivity contribution is 5.30. The van der Waals surface area contributed by atoms with Crippen LogP contribution in [0.15, 0.2) is 36.5 Å². The predicted octanol–water partition coefficient (Wildman–Crippen LogP) is 2.04. The first kappa shape index (κ1) is 15.4. The van der Waals surface area contributed by atoms with Crippen molar-refractivity contribution in [1.29, 1.82) is 0 Å².